The van der Waals surface area contributed by atoms with Crippen LogP contribution in [0.25, 0.3) is 0 Å². The van der Waals surface area contributed by atoms with Gasteiger partial charge in [0.05, 0.1) is 6.10 Å². The largest absolute Gasteiger partial charge is 0.378 e. The number of nitrogens with zero attached hydrogens (tertiary/aromatic N) is 1. The number of ether oxygens (including phenoxy) is 1. The van der Waals surface area contributed by atoms with Gasteiger partial charge < -0.3 is 15.8 Å². The zero-order chi connectivity index (χ0) is 18.8. The quantitative estimate of drug-likeness (QED) is 0.737. The Morgan fingerprint density at radius 2 is 1.88 bits per heavy atom. The lowest BCUT2D eigenvalue weighted by Crippen LogP contribution is -2.76. The summed E-state index contributed by atoms with van der Waals surface area (Å²) in [4.78, 5) is 15.7. The average molecular weight is 384 g/mol. The van der Waals surface area contributed by atoms with Crippen molar-refractivity contribution in [3.63, 3.8) is 0 Å². The minimum absolute atomic E-state index is 0.00906. The molecule has 3 N–H and O–H groups in total. The second kappa shape index (κ2) is 7.98. The van der Waals surface area contributed by atoms with E-state index in [1.807, 2.05) is 18.7 Å². The standard InChI is InChI=1S/C20H37N3O2S/c1-4-25-16-14-20(21,18(16,2)3)17(24)22-15-19(8-6-5-7-9-19)23-10-12-26-13-11-23/h16H,4-15,21H2,1-3H3,(H,22,24). The third-order valence-electron chi connectivity index (χ3n) is 7.28. The molecule has 0 bridgehead atoms. The van der Waals surface area contributed by atoms with E-state index in [9.17, 15) is 4.79 Å². The molecule has 5 nitrogen and oxygen atoms in total. The highest BCUT2D eigenvalue weighted by atomic mass is 32.2. The van der Waals surface area contributed by atoms with Gasteiger partial charge in [-0.25, -0.2) is 0 Å². The number of carbonyl (C=O) groups excluding carboxylic acids is 1. The number of amides is 1. The fraction of sp³-hybridized carbons (Fsp3) is 0.950. The van der Waals surface area contributed by atoms with E-state index in [1.54, 1.807) is 0 Å². The van der Waals surface area contributed by atoms with Gasteiger partial charge in [0, 0.05) is 55.1 Å². The summed E-state index contributed by atoms with van der Waals surface area (Å²) in [5.41, 5.74) is 5.57. The molecule has 6 heteroatoms. The molecule has 0 spiro atoms. The summed E-state index contributed by atoms with van der Waals surface area (Å²) in [6.07, 6.45) is 6.94. The molecule has 0 aromatic heterocycles. The molecule has 1 heterocycles. The van der Waals surface area contributed by atoms with Crippen LogP contribution in [0, 0.1) is 5.41 Å². The van der Waals surface area contributed by atoms with Crippen LogP contribution < -0.4 is 11.1 Å². The van der Waals surface area contributed by atoms with Crippen molar-refractivity contribution in [1.29, 1.82) is 0 Å². The third kappa shape index (κ3) is 3.54. The first-order valence-corrected chi connectivity index (χ1v) is 11.5. The smallest absolute Gasteiger partial charge is 0.240 e. The molecular formula is C20H37N3O2S. The van der Waals surface area contributed by atoms with Crippen LogP contribution in [-0.4, -0.2) is 65.7 Å². The van der Waals surface area contributed by atoms with Crippen molar-refractivity contribution in [3.8, 4) is 0 Å². The van der Waals surface area contributed by atoms with E-state index in [2.05, 4.69) is 24.1 Å². The molecule has 2 aliphatic carbocycles. The molecule has 1 saturated heterocycles. The second-order valence-corrected chi connectivity index (χ2v) is 10.1. The number of nitrogens with one attached hydrogen (secondary N) is 1. The van der Waals surface area contributed by atoms with E-state index in [4.69, 9.17) is 10.5 Å². The predicted molar refractivity (Wildman–Crippen MR) is 108 cm³/mol. The summed E-state index contributed by atoms with van der Waals surface area (Å²) in [5.74, 6) is 2.42. The Hall–Kier alpha value is -0.300. The molecule has 0 aromatic rings. The van der Waals surface area contributed by atoms with Gasteiger partial charge in [0.1, 0.15) is 5.54 Å². The summed E-state index contributed by atoms with van der Waals surface area (Å²) in [5, 5.41) is 3.28. The zero-order valence-corrected chi connectivity index (χ0v) is 17.6. The van der Waals surface area contributed by atoms with E-state index in [0.717, 1.165) is 19.6 Å². The van der Waals surface area contributed by atoms with Crippen molar-refractivity contribution in [3.05, 3.63) is 0 Å². The molecule has 3 fully saturated rings. The predicted octanol–water partition coefficient (Wildman–Crippen LogP) is 2.39. The number of hydrogen-bond donors (Lipinski definition) is 2. The molecule has 0 aromatic carbocycles. The van der Waals surface area contributed by atoms with Crippen LogP contribution in [0.3, 0.4) is 0 Å². The highest BCUT2D eigenvalue weighted by Crippen LogP contribution is 2.50. The minimum Gasteiger partial charge on any atom is -0.378 e. The molecule has 1 aliphatic heterocycles. The van der Waals surface area contributed by atoms with Gasteiger partial charge in [-0.3, -0.25) is 9.69 Å². The van der Waals surface area contributed by atoms with Gasteiger partial charge in [0.25, 0.3) is 0 Å². The van der Waals surface area contributed by atoms with Crippen molar-refractivity contribution in [2.45, 2.75) is 76.5 Å². The fourth-order valence-corrected chi connectivity index (χ4v) is 5.98. The van der Waals surface area contributed by atoms with Gasteiger partial charge in [0.2, 0.25) is 5.91 Å². The lowest BCUT2D eigenvalue weighted by molar-refractivity contribution is -0.171. The average Bonchev–Trinajstić information content (AvgIpc) is 2.67. The summed E-state index contributed by atoms with van der Waals surface area (Å²) >= 11 is 2.04. The number of carbonyl (C=O) groups is 1. The topological polar surface area (TPSA) is 67.6 Å². The van der Waals surface area contributed by atoms with Crippen molar-refractivity contribution in [2.75, 3.05) is 37.7 Å². The van der Waals surface area contributed by atoms with Crippen LogP contribution in [0.15, 0.2) is 0 Å². The monoisotopic (exact) mass is 383 g/mol. The van der Waals surface area contributed by atoms with Gasteiger partial charge in [-0.1, -0.05) is 33.1 Å². The zero-order valence-electron chi connectivity index (χ0n) is 16.8. The van der Waals surface area contributed by atoms with E-state index < -0.39 is 5.54 Å². The van der Waals surface area contributed by atoms with Crippen LogP contribution in [0.4, 0.5) is 0 Å². The Morgan fingerprint density at radius 3 is 2.46 bits per heavy atom. The van der Waals surface area contributed by atoms with Gasteiger partial charge in [-0.05, 0) is 19.8 Å². The highest BCUT2D eigenvalue weighted by Gasteiger charge is 2.63. The lowest BCUT2D eigenvalue weighted by Gasteiger charge is -2.58. The molecule has 3 aliphatic rings. The maximum Gasteiger partial charge on any atom is 0.240 e. The molecule has 3 rings (SSSR count). The number of nitrogens with two attached hydrogens (primary N) is 1. The first kappa shape index (κ1) is 20.4. The number of hydrogen-bond acceptors (Lipinski definition) is 5. The van der Waals surface area contributed by atoms with Gasteiger partial charge in [-0.15, -0.1) is 0 Å². The summed E-state index contributed by atoms with van der Waals surface area (Å²) < 4.78 is 5.78. The highest BCUT2D eigenvalue weighted by molar-refractivity contribution is 7.99. The Morgan fingerprint density at radius 1 is 1.23 bits per heavy atom. The molecule has 26 heavy (non-hydrogen) atoms. The van der Waals surface area contributed by atoms with E-state index in [-0.39, 0.29) is 23.0 Å². The van der Waals surface area contributed by atoms with Crippen molar-refractivity contribution >= 4 is 17.7 Å². The molecule has 2 atom stereocenters. The number of rotatable bonds is 6. The van der Waals surface area contributed by atoms with E-state index >= 15 is 0 Å². The first-order chi connectivity index (χ1) is 12.4. The van der Waals surface area contributed by atoms with Gasteiger partial charge >= 0.3 is 0 Å². The maximum atomic E-state index is 13.1. The first-order valence-electron chi connectivity index (χ1n) is 10.4. The number of thioether (sulfide) groups is 1. The molecular weight excluding hydrogens is 346 g/mol. The van der Waals surface area contributed by atoms with Gasteiger partial charge in [0.15, 0.2) is 0 Å². The third-order valence-corrected chi connectivity index (χ3v) is 8.22. The van der Waals surface area contributed by atoms with Crippen LogP contribution in [0.2, 0.25) is 0 Å². The summed E-state index contributed by atoms with van der Waals surface area (Å²) in [6.45, 7) is 9.82. The van der Waals surface area contributed by atoms with Crippen LogP contribution in [0.5, 0.6) is 0 Å². The SMILES string of the molecule is CCOC1CC(N)(C(=O)NCC2(N3CCSCC3)CCCCC2)C1(C)C. The van der Waals surface area contributed by atoms with E-state index in [1.165, 1.54) is 43.6 Å². The van der Waals surface area contributed by atoms with Crippen LogP contribution >= 0.6 is 11.8 Å². The van der Waals surface area contributed by atoms with Crippen molar-refractivity contribution in [1.82, 2.24) is 10.2 Å². The molecule has 1 amide bonds. The summed E-state index contributed by atoms with van der Waals surface area (Å²) in [7, 11) is 0. The fourth-order valence-electron chi connectivity index (χ4n) is 5.08. The lowest BCUT2D eigenvalue weighted by atomic mass is 9.54. The second-order valence-electron chi connectivity index (χ2n) is 8.91. The Balaban J connectivity index is 1.64. The minimum atomic E-state index is -0.819. The molecule has 0 radical (unpaired) electrons. The van der Waals surface area contributed by atoms with Crippen LogP contribution in [0.1, 0.15) is 59.3 Å². The Kier molecular flexibility index (Phi) is 6.27. The molecule has 2 saturated carbocycles. The van der Waals surface area contributed by atoms with E-state index in [0.29, 0.717) is 13.0 Å². The maximum absolute atomic E-state index is 13.1. The van der Waals surface area contributed by atoms with Crippen molar-refractivity contribution in [2.24, 2.45) is 11.1 Å². The van der Waals surface area contributed by atoms with Crippen molar-refractivity contribution < 1.29 is 9.53 Å². The molecule has 2 unspecified atom stereocenters. The van der Waals surface area contributed by atoms with Gasteiger partial charge in [-0.2, -0.15) is 11.8 Å². The Labute approximate surface area is 163 Å². The molecule has 150 valence electrons. The normalized spacial score (nSPS) is 34.1. The summed E-state index contributed by atoms with van der Waals surface area (Å²) in [6, 6.07) is 0. The Bertz CT molecular complexity index is 501. The van der Waals surface area contributed by atoms with Crippen LogP contribution in [-0.2, 0) is 9.53 Å².